The Hall–Kier alpha value is -3.02. The highest BCUT2D eigenvalue weighted by Gasteiger charge is 2.22. The first-order valence-electron chi connectivity index (χ1n) is 10.8. The molecule has 4 aromatic rings. The summed E-state index contributed by atoms with van der Waals surface area (Å²) in [5.41, 5.74) is 6.98. The summed E-state index contributed by atoms with van der Waals surface area (Å²) in [6.45, 7) is 11.8. The van der Waals surface area contributed by atoms with E-state index < -0.39 is 0 Å². The molecule has 1 aromatic carbocycles. The maximum absolute atomic E-state index is 5.55. The van der Waals surface area contributed by atoms with Crippen LogP contribution in [0.4, 0.5) is 0 Å². The van der Waals surface area contributed by atoms with E-state index in [1.54, 1.807) is 14.2 Å². The first-order valence-corrected chi connectivity index (χ1v) is 10.8. The second kappa shape index (κ2) is 7.91. The number of benzene rings is 1. The van der Waals surface area contributed by atoms with Crippen LogP contribution >= 0.6 is 0 Å². The fourth-order valence-corrected chi connectivity index (χ4v) is 4.68. The summed E-state index contributed by atoms with van der Waals surface area (Å²) in [5, 5.41) is 7.34. The van der Waals surface area contributed by atoms with Gasteiger partial charge in [-0.15, -0.1) is 0 Å². The predicted octanol–water partition coefficient (Wildman–Crippen LogP) is 5.54. The van der Waals surface area contributed by atoms with Gasteiger partial charge in [0.15, 0.2) is 11.5 Å². The summed E-state index contributed by atoms with van der Waals surface area (Å²) in [6.07, 6.45) is 1.92. The molecule has 164 valence electrons. The van der Waals surface area contributed by atoms with Crippen LogP contribution in [0.15, 0.2) is 24.4 Å². The summed E-state index contributed by atoms with van der Waals surface area (Å²) in [7, 11) is 5.43. The molecule has 0 amide bonds. The van der Waals surface area contributed by atoms with E-state index in [2.05, 4.69) is 57.0 Å². The molecule has 6 heteroatoms. The Morgan fingerprint density at radius 2 is 1.68 bits per heavy atom. The minimum atomic E-state index is 0.308. The quantitative estimate of drug-likeness (QED) is 0.411. The van der Waals surface area contributed by atoms with E-state index in [1.165, 1.54) is 27.9 Å². The summed E-state index contributed by atoms with van der Waals surface area (Å²) in [6, 6.07) is 6.15. The topological polar surface area (TPSA) is 54.1 Å². The van der Waals surface area contributed by atoms with E-state index in [1.807, 2.05) is 18.3 Å². The van der Waals surface area contributed by atoms with Crippen LogP contribution < -0.4 is 9.47 Å². The van der Waals surface area contributed by atoms with Crippen LogP contribution in [0.5, 0.6) is 11.5 Å². The van der Waals surface area contributed by atoms with Crippen molar-refractivity contribution in [3.63, 3.8) is 0 Å². The SMILES string of the molecule is COc1cc2nn(Cc3c(C)c4c(C(C)C)ccnc4n3C)c(C(C)C)c2cc1OC. The molecule has 0 N–H and O–H groups in total. The van der Waals surface area contributed by atoms with Gasteiger partial charge in [-0.2, -0.15) is 5.10 Å². The van der Waals surface area contributed by atoms with Crippen LogP contribution in [0.25, 0.3) is 21.9 Å². The first kappa shape index (κ1) is 21.2. The van der Waals surface area contributed by atoms with Crippen LogP contribution in [0.1, 0.15) is 62.0 Å². The molecule has 3 aromatic heterocycles. The fraction of sp³-hybridized carbons (Fsp3) is 0.440. The number of nitrogens with zero attached hydrogens (tertiary/aromatic N) is 4. The largest absolute Gasteiger partial charge is 0.493 e. The van der Waals surface area contributed by atoms with Gasteiger partial charge in [0.1, 0.15) is 5.65 Å². The van der Waals surface area contributed by atoms with Gasteiger partial charge in [0, 0.05) is 41.5 Å². The van der Waals surface area contributed by atoms with Crippen LogP contribution in [-0.4, -0.2) is 33.6 Å². The Morgan fingerprint density at radius 1 is 1.00 bits per heavy atom. The van der Waals surface area contributed by atoms with Crippen molar-refractivity contribution in [2.24, 2.45) is 7.05 Å². The van der Waals surface area contributed by atoms with Crippen molar-refractivity contribution in [2.45, 2.75) is 53.0 Å². The third-order valence-electron chi connectivity index (χ3n) is 6.25. The highest BCUT2D eigenvalue weighted by atomic mass is 16.5. The van der Waals surface area contributed by atoms with Crippen molar-refractivity contribution < 1.29 is 9.47 Å². The molecule has 0 aliphatic rings. The molecule has 0 radical (unpaired) electrons. The van der Waals surface area contributed by atoms with E-state index in [4.69, 9.17) is 19.6 Å². The highest BCUT2D eigenvalue weighted by molar-refractivity contribution is 5.87. The van der Waals surface area contributed by atoms with Crippen molar-refractivity contribution >= 4 is 21.9 Å². The van der Waals surface area contributed by atoms with Gasteiger partial charge >= 0.3 is 0 Å². The molecule has 0 aliphatic carbocycles. The molecular formula is C25H32N4O2. The fourth-order valence-electron chi connectivity index (χ4n) is 4.68. The molecule has 31 heavy (non-hydrogen) atoms. The third-order valence-corrected chi connectivity index (χ3v) is 6.25. The maximum atomic E-state index is 5.55. The summed E-state index contributed by atoms with van der Waals surface area (Å²) >= 11 is 0. The van der Waals surface area contributed by atoms with Gasteiger partial charge in [-0.25, -0.2) is 4.98 Å². The Bertz CT molecular complexity index is 1260. The van der Waals surface area contributed by atoms with Crippen molar-refractivity contribution in [1.29, 1.82) is 0 Å². The van der Waals surface area contributed by atoms with Crippen LogP contribution in [0.2, 0.25) is 0 Å². The molecule has 0 saturated heterocycles. The van der Waals surface area contributed by atoms with Crippen molar-refractivity contribution in [3.8, 4) is 11.5 Å². The van der Waals surface area contributed by atoms with Gasteiger partial charge in [0.25, 0.3) is 0 Å². The lowest BCUT2D eigenvalue weighted by Gasteiger charge is -2.13. The van der Waals surface area contributed by atoms with E-state index in [0.29, 0.717) is 24.1 Å². The first-order chi connectivity index (χ1) is 14.8. The molecule has 0 aliphatic heterocycles. The molecule has 0 fully saturated rings. The van der Waals surface area contributed by atoms with Gasteiger partial charge in [-0.05, 0) is 42.0 Å². The molecule has 0 spiro atoms. The van der Waals surface area contributed by atoms with E-state index in [0.717, 1.165) is 22.3 Å². The Morgan fingerprint density at radius 3 is 2.29 bits per heavy atom. The number of hydrogen-bond donors (Lipinski definition) is 0. The Balaban J connectivity index is 1.92. The number of aromatic nitrogens is 4. The Kier molecular flexibility index (Phi) is 5.42. The molecular weight excluding hydrogens is 388 g/mol. The minimum Gasteiger partial charge on any atom is -0.493 e. The van der Waals surface area contributed by atoms with E-state index in [-0.39, 0.29) is 0 Å². The standard InChI is InChI=1S/C25H32N4O2/c1-14(2)17-9-10-26-25-23(17)16(5)20(28(25)6)13-29-24(15(3)4)18-11-21(30-7)22(31-8)12-19(18)27-29/h9-12,14-15H,13H2,1-8H3. The zero-order valence-electron chi connectivity index (χ0n) is 19.8. The number of hydrogen-bond acceptors (Lipinski definition) is 4. The molecule has 4 rings (SSSR count). The second-order valence-electron chi connectivity index (χ2n) is 8.81. The third kappa shape index (κ3) is 3.34. The lowest BCUT2D eigenvalue weighted by atomic mass is 9.98. The number of pyridine rings is 1. The van der Waals surface area contributed by atoms with Gasteiger partial charge < -0.3 is 14.0 Å². The smallest absolute Gasteiger partial charge is 0.162 e. The number of ether oxygens (including phenoxy) is 2. The zero-order chi connectivity index (χ0) is 22.4. The maximum Gasteiger partial charge on any atom is 0.162 e. The number of rotatable bonds is 6. The van der Waals surface area contributed by atoms with Crippen LogP contribution in [-0.2, 0) is 13.6 Å². The lowest BCUT2D eigenvalue weighted by Crippen LogP contribution is -2.11. The molecule has 6 nitrogen and oxygen atoms in total. The summed E-state index contributed by atoms with van der Waals surface area (Å²) < 4.78 is 15.4. The number of aryl methyl sites for hydroxylation is 2. The van der Waals surface area contributed by atoms with Gasteiger partial charge in [0.2, 0.25) is 0 Å². The number of methoxy groups -OCH3 is 2. The Labute approximate surface area is 183 Å². The minimum absolute atomic E-state index is 0.308. The van der Waals surface area contributed by atoms with Crippen molar-refractivity contribution in [1.82, 2.24) is 19.3 Å². The molecule has 0 atom stereocenters. The molecule has 0 bridgehead atoms. The average Bonchev–Trinajstić information content (AvgIpc) is 3.22. The van der Waals surface area contributed by atoms with Crippen molar-refractivity contribution in [3.05, 3.63) is 46.9 Å². The second-order valence-corrected chi connectivity index (χ2v) is 8.81. The summed E-state index contributed by atoms with van der Waals surface area (Å²) in [5.74, 6) is 2.17. The lowest BCUT2D eigenvalue weighted by molar-refractivity contribution is 0.356. The molecule has 0 unspecified atom stereocenters. The normalized spacial score (nSPS) is 11.9. The average molecular weight is 421 g/mol. The molecule has 3 heterocycles. The van der Waals surface area contributed by atoms with E-state index in [9.17, 15) is 0 Å². The summed E-state index contributed by atoms with van der Waals surface area (Å²) in [4.78, 5) is 4.69. The van der Waals surface area contributed by atoms with Gasteiger partial charge in [-0.3, -0.25) is 4.68 Å². The highest BCUT2D eigenvalue weighted by Crippen LogP contribution is 2.37. The van der Waals surface area contributed by atoms with Crippen LogP contribution in [0, 0.1) is 6.92 Å². The predicted molar refractivity (Wildman–Crippen MR) is 126 cm³/mol. The van der Waals surface area contributed by atoms with E-state index >= 15 is 0 Å². The van der Waals surface area contributed by atoms with Gasteiger partial charge in [0.05, 0.1) is 26.3 Å². The monoisotopic (exact) mass is 420 g/mol. The van der Waals surface area contributed by atoms with Crippen LogP contribution in [0.3, 0.4) is 0 Å². The van der Waals surface area contributed by atoms with Gasteiger partial charge in [-0.1, -0.05) is 27.7 Å². The zero-order valence-corrected chi connectivity index (χ0v) is 19.8. The van der Waals surface area contributed by atoms with Crippen molar-refractivity contribution in [2.75, 3.05) is 14.2 Å². The molecule has 0 saturated carbocycles. The number of fused-ring (bicyclic) bond motifs is 2.